The maximum atomic E-state index is 13.3. The molecule has 0 spiro atoms. The first-order valence-corrected chi connectivity index (χ1v) is 9.98. The van der Waals surface area contributed by atoms with Crippen molar-refractivity contribution in [2.75, 3.05) is 11.5 Å². The minimum Gasteiger partial charge on any atom is -0.462 e. The zero-order valence-electron chi connectivity index (χ0n) is 15.6. The number of carbonyl (C=O) groups is 3. The zero-order chi connectivity index (χ0) is 20.4. The van der Waals surface area contributed by atoms with Crippen molar-refractivity contribution < 1.29 is 19.1 Å². The molecule has 0 saturated carbocycles. The van der Waals surface area contributed by atoms with Crippen LogP contribution < -0.4 is 4.90 Å². The summed E-state index contributed by atoms with van der Waals surface area (Å²) in [7, 11) is 0. The highest BCUT2D eigenvalue weighted by atomic mass is 32.1. The summed E-state index contributed by atoms with van der Waals surface area (Å²) >= 11 is 1.52. The summed E-state index contributed by atoms with van der Waals surface area (Å²) in [4.78, 5) is 40.3. The molecule has 0 fully saturated rings. The van der Waals surface area contributed by atoms with Crippen molar-refractivity contribution >= 4 is 46.5 Å². The maximum absolute atomic E-state index is 13.3. The molecule has 6 heteroatoms. The zero-order valence-corrected chi connectivity index (χ0v) is 16.4. The predicted molar refractivity (Wildman–Crippen MR) is 113 cm³/mol. The number of anilines is 1. The van der Waals surface area contributed by atoms with E-state index < -0.39 is 17.8 Å². The molecule has 0 radical (unpaired) electrons. The first-order valence-electron chi connectivity index (χ1n) is 9.10. The van der Waals surface area contributed by atoms with Crippen molar-refractivity contribution in [2.24, 2.45) is 0 Å². The summed E-state index contributed by atoms with van der Waals surface area (Å²) < 4.78 is 4.98. The Morgan fingerprint density at radius 1 is 0.966 bits per heavy atom. The van der Waals surface area contributed by atoms with E-state index in [2.05, 4.69) is 0 Å². The molecule has 0 unspecified atom stereocenters. The van der Waals surface area contributed by atoms with Crippen molar-refractivity contribution in [1.29, 1.82) is 0 Å². The molecular formula is C23H17NO4S. The van der Waals surface area contributed by atoms with Crippen LogP contribution >= 0.6 is 11.3 Å². The third kappa shape index (κ3) is 3.50. The van der Waals surface area contributed by atoms with Gasteiger partial charge in [0.1, 0.15) is 0 Å². The Morgan fingerprint density at radius 3 is 2.34 bits per heavy atom. The van der Waals surface area contributed by atoms with E-state index in [1.165, 1.54) is 11.3 Å². The van der Waals surface area contributed by atoms with Crippen molar-refractivity contribution in [2.45, 2.75) is 6.92 Å². The third-order valence-corrected chi connectivity index (χ3v) is 5.37. The van der Waals surface area contributed by atoms with Gasteiger partial charge in [-0.25, -0.2) is 9.69 Å². The molecule has 1 aliphatic heterocycles. The maximum Gasteiger partial charge on any atom is 0.338 e. The number of carbonyl (C=O) groups excluding carboxylic acids is 3. The molecule has 1 aliphatic rings. The summed E-state index contributed by atoms with van der Waals surface area (Å²) in [5.41, 5.74) is 2.30. The molecule has 5 nitrogen and oxygen atoms in total. The minimum atomic E-state index is -0.445. The van der Waals surface area contributed by atoms with Gasteiger partial charge in [-0.2, -0.15) is 0 Å². The number of rotatable bonds is 4. The molecule has 29 heavy (non-hydrogen) atoms. The first-order chi connectivity index (χ1) is 14.1. The smallest absolute Gasteiger partial charge is 0.338 e. The highest BCUT2D eigenvalue weighted by Gasteiger charge is 2.35. The fourth-order valence-electron chi connectivity index (χ4n) is 3.20. The largest absolute Gasteiger partial charge is 0.462 e. The summed E-state index contributed by atoms with van der Waals surface area (Å²) in [5, 5.41) is 1.93. The number of amides is 2. The number of nitrogens with zero attached hydrogens (tertiary/aromatic N) is 1. The lowest BCUT2D eigenvalue weighted by molar-refractivity contribution is -0.112. The lowest BCUT2D eigenvalue weighted by atomic mass is 9.92. The van der Waals surface area contributed by atoms with Crippen LogP contribution in [-0.4, -0.2) is 24.4 Å². The van der Waals surface area contributed by atoms with E-state index in [4.69, 9.17) is 4.74 Å². The van der Waals surface area contributed by atoms with Crippen LogP contribution in [-0.2, 0) is 9.53 Å². The topological polar surface area (TPSA) is 63.7 Å². The number of fused-ring (bicyclic) bond motifs is 1. The molecule has 0 atom stereocenters. The SMILES string of the molecule is CCOC(=O)c1ccc(N2C(=O)C(=Cc3cccs3)c3ccccc3C2=O)cc1. The molecule has 3 aromatic rings. The molecular weight excluding hydrogens is 386 g/mol. The number of ether oxygens (including phenoxy) is 1. The summed E-state index contributed by atoms with van der Waals surface area (Å²) in [5.74, 6) is -1.23. The average Bonchev–Trinajstić information content (AvgIpc) is 3.25. The number of thiophene rings is 1. The fourth-order valence-corrected chi connectivity index (χ4v) is 3.86. The van der Waals surface area contributed by atoms with Gasteiger partial charge in [-0.1, -0.05) is 24.3 Å². The quantitative estimate of drug-likeness (QED) is 0.361. The van der Waals surface area contributed by atoms with E-state index in [-0.39, 0.29) is 6.61 Å². The van der Waals surface area contributed by atoms with Gasteiger partial charge in [-0.3, -0.25) is 9.59 Å². The highest BCUT2D eigenvalue weighted by Crippen LogP contribution is 2.34. The summed E-state index contributed by atoms with van der Waals surface area (Å²) in [6.45, 7) is 2.01. The molecule has 144 valence electrons. The molecule has 0 bridgehead atoms. The van der Waals surface area contributed by atoms with Gasteiger partial charge < -0.3 is 4.74 Å². The molecule has 4 rings (SSSR count). The second-order valence-corrected chi connectivity index (χ2v) is 7.31. The Kier molecular flexibility index (Phi) is 5.10. The van der Waals surface area contributed by atoms with Crippen LogP contribution in [0.25, 0.3) is 11.6 Å². The molecule has 0 aliphatic carbocycles. The van der Waals surface area contributed by atoms with Gasteiger partial charge >= 0.3 is 5.97 Å². The van der Waals surface area contributed by atoms with Crippen LogP contribution in [0.1, 0.15) is 38.1 Å². The molecule has 0 saturated heterocycles. The second-order valence-electron chi connectivity index (χ2n) is 6.33. The first kappa shape index (κ1) is 18.8. The van der Waals surface area contributed by atoms with Crippen LogP contribution in [0.2, 0.25) is 0 Å². The van der Waals surface area contributed by atoms with Gasteiger partial charge in [0.2, 0.25) is 0 Å². The molecule has 2 aromatic carbocycles. The van der Waals surface area contributed by atoms with Crippen LogP contribution in [0.5, 0.6) is 0 Å². The number of benzene rings is 2. The number of esters is 1. The summed E-state index contributed by atoms with van der Waals surface area (Å²) in [6, 6.07) is 17.2. The third-order valence-electron chi connectivity index (χ3n) is 4.55. The normalized spacial score (nSPS) is 14.8. The predicted octanol–water partition coefficient (Wildman–Crippen LogP) is 4.65. The Balaban J connectivity index is 1.78. The van der Waals surface area contributed by atoms with Crippen LogP contribution in [0.3, 0.4) is 0 Å². The lowest BCUT2D eigenvalue weighted by Gasteiger charge is -2.28. The average molecular weight is 403 g/mol. The fraction of sp³-hybridized carbons (Fsp3) is 0.0870. The minimum absolute atomic E-state index is 0.275. The van der Waals surface area contributed by atoms with Gasteiger partial charge in [0, 0.05) is 21.6 Å². The van der Waals surface area contributed by atoms with Crippen LogP contribution in [0.4, 0.5) is 5.69 Å². The molecule has 0 N–H and O–H groups in total. The Bertz CT molecular complexity index is 1110. The summed E-state index contributed by atoms with van der Waals surface area (Å²) in [6.07, 6.45) is 1.80. The number of hydrogen-bond acceptors (Lipinski definition) is 5. The standard InChI is InChI=1S/C23H17NO4S/c1-2-28-23(27)15-9-11-16(12-10-15)24-21(25)19-8-4-3-7-18(19)20(22(24)26)14-17-6-5-13-29-17/h3-14H,2H2,1H3. The van der Waals surface area contributed by atoms with Crippen molar-refractivity contribution in [3.8, 4) is 0 Å². The second kappa shape index (κ2) is 7.85. The Hall–Kier alpha value is -3.51. The van der Waals surface area contributed by atoms with E-state index in [1.807, 2.05) is 23.6 Å². The molecule has 2 amide bonds. The van der Waals surface area contributed by atoms with Gasteiger partial charge in [-0.05, 0) is 54.8 Å². The van der Waals surface area contributed by atoms with E-state index in [9.17, 15) is 14.4 Å². The van der Waals surface area contributed by atoms with E-state index in [1.54, 1.807) is 55.5 Å². The van der Waals surface area contributed by atoms with Gasteiger partial charge in [0.25, 0.3) is 11.8 Å². The van der Waals surface area contributed by atoms with Crippen molar-refractivity contribution in [3.63, 3.8) is 0 Å². The Morgan fingerprint density at radius 2 is 1.69 bits per heavy atom. The lowest BCUT2D eigenvalue weighted by Crippen LogP contribution is -2.41. The van der Waals surface area contributed by atoms with E-state index in [0.29, 0.717) is 28.0 Å². The van der Waals surface area contributed by atoms with Gasteiger partial charge in [0.15, 0.2) is 0 Å². The number of hydrogen-bond donors (Lipinski definition) is 0. The monoisotopic (exact) mass is 403 g/mol. The van der Waals surface area contributed by atoms with Crippen molar-refractivity contribution in [3.05, 3.63) is 87.6 Å². The Labute approximate surface area is 171 Å². The molecule has 2 heterocycles. The van der Waals surface area contributed by atoms with Gasteiger partial charge in [0.05, 0.1) is 17.9 Å². The molecule has 1 aromatic heterocycles. The van der Waals surface area contributed by atoms with Gasteiger partial charge in [-0.15, -0.1) is 11.3 Å². The van der Waals surface area contributed by atoms with Crippen LogP contribution in [0, 0.1) is 0 Å². The highest BCUT2D eigenvalue weighted by molar-refractivity contribution is 7.11. The number of imide groups is 1. The van der Waals surface area contributed by atoms with E-state index >= 15 is 0 Å². The van der Waals surface area contributed by atoms with Crippen molar-refractivity contribution in [1.82, 2.24) is 0 Å². The van der Waals surface area contributed by atoms with Crippen LogP contribution in [0.15, 0.2) is 66.0 Å². The van der Waals surface area contributed by atoms with E-state index in [0.717, 1.165) is 9.78 Å².